The van der Waals surface area contributed by atoms with Crippen LogP contribution in [0.15, 0.2) is 95.5 Å². The fourth-order valence-corrected chi connectivity index (χ4v) is 6.28. The molecule has 7 nitrogen and oxygen atoms in total. The van der Waals surface area contributed by atoms with Crippen molar-refractivity contribution in [2.24, 2.45) is 0 Å². The number of rotatable bonds is 8. The molecule has 2 N–H and O–H groups in total. The maximum Gasteiger partial charge on any atom is 0.255 e. The minimum atomic E-state index is -1.68. The summed E-state index contributed by atoms with van der Waals surface area (Å²) in [5.41, 5.74) is 4.55. The van der Waals surface area contributed by atoms with Gasteiger partial charge in [0, 0.05) is 52.7 Å². The lowest BCUT2D eigenvalue weighted by Crippen LogP contribution is -2.37. The van der Waals surface area contributed by atoms with E-state index in [2.05, 4.69) is 15.6 Å². The number of Topliss-reactive ketones (excluding diaryl/α,β-unsaturated/α-hetero) is 1. The van der Waals surface area contributed by atoms with Gasteiger partial charge in [-0.25, -0.2) is 13.8 Å². The Hall–Kier alpha value is -5.45. The number of ether oxygens (including phenoxy) is 2. The molecule has 1 amide bonds. The molecule has 0 saturated carbocycles. The van der Waals surface area contributed by atoms with Crippen molar-refractivity contribution in [3.8, 4) is 11.5 Å². The lowest BCUT2D eigenvalue weighted by atomic mass is 9.71. The number of carbonyl (C=O) groups is 2. The molecule has 0 spiro atoms. The first-order valence-corrected chi connectivity index (χ1v) is 15.2. The van der Waals surface area contributed by atoms with Crippen molar-refractivity contribution in [3.05, 3.63) is 141 Å². The summed E-state index contributed by atoms with van der Waals surface area (Å²) in [6.45, 7) is 3.07. The van der Waals surface area contributed by atoms with E-state index in [1.807, 2.05) is 37.3 Å². The van der Waals surface area contributed by atoms with Gasteiger partial charge in [-0.2, -0.15) is 8.78 Å². The zero-order valence-corrected chi connectivity index (χ0v) is 26.3. The SMILES string of the molecule is COc1ccc([C@H]2C(C(=O)Nc3ccc(C)cn3)=C(C)NC3=C2C(=O)C[C@@H](c2ccccc2)C3)cc1COc1c(F)c(F)cc(F)c1F. The molecule has 3 aromatic carbocycles. The third kappa shape index (κ3) is 6.27. The first kappa shape index (κ1) is 32.5. The van der Waals surface area contributed by atoms with Gasteiger partial charge in [0.2, 0.25) is 11.6 Å². The molecule has 11 heteroatoms. The quantitative estimate of drug-likeness (QED) is 0.150. The molecule has 0 saturated heterocycles. The molecule has 2 aliphatic rings. The fraction of sp³-hybridized carbons (Fsp3) is 0.216. The van der Waals surface area contributed by atoms with Crippen molar-refractivity contribution in [1.82, 2.24) is 10.3 Å². The van der Waals surface area contributed by atoms with Crippen LogP contribution in [0.3, 0.4) is 0 Å². The van der Waals surface area contributed by atoms with Gasteiger partial charge in [-0.1, -0.05) is 42.5 Å². The molecule has 1 aliphatic heterocycles. The molecular weight excluding hydrogens is 626 g/mol. The number of aromatic nitrogens is 1. The summed E-state index contributed by atoms with van der Waals surface area (Å²) in [7, 11) is 1.37. The van der Waals surface area contributed by atoms with Crippen molar-refractivity contribution in [2.75, 3.05) is 12.4 Å². The number of carbonyl (C=O) groups excluding carboxylic acids is 2. The van der Waals surface area contributed by atoms with Crippen molar-refractivity contribution < 1.29 is 36.6 Å². The summed E-state index contributed by atoms with van der Waals surface area (Å²) < 4.78 is 67.3. The maximum absolute atomic E-state index is 14.4. The molecule has 0 fully saturated rings. The van der Waals surface area contributed by atoms with Crippen LogP contribution in [0.5, 0.6) is 11.5 Å². The summed E-state index contributed by atoms with van der Waals surface area (Å²) in [5.74, 6) is -8.82. The van der Waals surface area contributed by atoms with Crippen LogP contribution in [0.1, 0.15) is 53.9 Å². The Morgan fingerprint density at radius 1 is 0.938 bits per heavy atom. The second kappa shape index (κ2) is 13.3. The van der Waals surface area contributed by atoms with Gasteiger partial charge in [-0.05, 0) is 61.1 Å². The van der Waals surface area contributed by atoms with Gasteiger partial charge in [-0.3, -0.25) is 9.59 Å². The van der Waals surface area contributed by atoms with Gasteiger partial charge in [0.1, 0.15) is 18.2 Å². The number of dihydropyridines is 1. The van der Waals surface area contributed by atoms with Crippen LogP contribution in [0.2, 0.25) is 0 Å². The van der Waals surface area contributed by atoms with Gasteiger partial charge in [0.15, 0.2) is 23.2 Å². The molecule has 1 aliphatic carbocycles. The molecular formula is C37H31F4N3O4. The molecule has 0 radical (unpaired) electrons. The highest BCUT2D eigenvalue weighted by Crippen LogP contribution is 2.46. The number of ketones is 1. The second-order valence-electron chi connectivity index (χ2n) is 11.8. The number of hydrogen-bond acceptors (Lipinski definition) is 6. The number of halogens is 4. The highest BCUT2D eigenvalue weighted by molar-refractivity contribution is 6.09. The third-order valence-electron chi connectivity index (χ3n) is 8.58. The number of hydrogen-bond donors (Lipinski definition) is 2. The van der Waals surface area contributed by atoms with Crippen LogP contribution in [-0.2, 0) is 16.2 Å². The van der Waals surface area contributed by atoms with Crippen LogP contribution >= 0.6 is 0 Å². The number of anilines is 1. The molecule has 48 heavy (non-hydrogen) atoms. The minimum Gasteiger partial charge on any atom is -0.496 e. The third-order valence-corrected chi connectivity index (χ3v) is 8.58. The topological polar surface area (TPSA) is 89.5 Å². The second-order valence-corrected chi connectivity index (χ2v) is 11.8. The van der Waals surface area contributed by atoms with E-state index in [4.69, 9.17) is 9.47 Å². The number of nitrogens with one attached hydrogen (secondary N) is 2. The Kier molecular flexibility index (Phi) is 9.03. The molecule has 1 aromatic heterocycles. The first-order valence-electron chi connectivity index (χ1n) is 15.2. The Balaban J connectivity index is 1.42. The van der Waals surface area contributed by atoms with Crippen molar-refractivity contribution in [3.63, 3.8) is 0 Å². The van der Waals surface area contributed by atoms with Gasteiger partial charge < -0.3 is 20.1 Å². The summed E-state index contributed by atoms with van der Waals surface area (Å²) in [5, 5.41) is 6.17. The van der Waals surface area contributed by atoms with E-state index < -0.39 is 47.5 Å². The minimum absolute atomic E-state index is 0.0816. The average Bonchev–Trinajstić information content (AvgIpc) is 3.08. The zero-order chi connectivity index (χ0) is 34.1. The normalized spacial score (nSPS) is 17.5. The van der Waals surface area contributed by atoms with Crippen LogP contribution in [0.25, 0.3) is 0 Å². The van der Waals surface area contributed by atoms with Gasteiger partial charge in [-0.15, -0.1) is 0 Å². The van der Waals surface area contributed by atoms with E-state index in [0.717, 1.165) is 11.1 Å². The largest absolute Gasteiger partial charge is 0.496 e. The van der Waals surface area contributed by atoms with Crippen molar-refractivity contribution in [2.45, 2.75) is 45.1 Å². The van der Waals surface area contributed by atoms with Crippen LogP contribution < -0.4 is 20.1 Å². The fourth-order valence-electron chi connectivity index (χ4n) is 6.28. The van der Waals surface area contributed by atoms with Gasteiger partial charge >= 0.3 is 0 Å². The van der Waals surface area contributed by atoms with Gasteiger partial charge in [0.25, 0.3) is 5.91 Å². The first-order chi connectivity index (χ1) is 23.0. The molecule has 6 rings (SSSR count). The predicted molar refractivity (Wildman–Crippen MR) is 170 cm³/mol. The number of benzene rings is 3. The molecule has 0 bridgehead atoms. The number of pyridine rings is 1. The zero-order valence-electron chi connectivity index (χ0n) is 26.3. The van der Waals surface area contributed by atoms with Crippen LogP contribution in [-0.4, -0.2) is 23.8 Å². The molecule has 0 unspecified atom stereocenters. The summed E-state index contributed by atoms with van der Waals surface area (Å²) in [4.78, 5) is 32.3. The number of amides is 1. The Morgan fingerprint density at radius 3 is 2.33 bits per heavy atom. The highest BCUT2D eigenvalue weighted by atomic mass is 19.2. The van der Waals surface area contributed by atoms with Crippen LogP contribution in [0.4, 0.5) is 23.4 Å². The monoisotopic (exact) mass is 657 g/mol. The summed E-state index contributed by atoms with van der Waals surface area (Å²) >= 11 is 0. The highest BCUT2D eigenvalue weighted by Gasteiger charge is 2.41. The van der Waals surface area contributed by atoms with E-state index in [0.29, 0.717) is 34.8 Å². The molecule has 246 valence electrons. The summed E-state index contributed by atoms with van der Waals surface area (Å²) in [6, 6.07) is 18.1. The number of allylic oxidation sites excluding steroid dienone is 3. The number of nitrogens with zero attached hydrogens (tertiary/aromatic N) is 1. The van der Waals surface area contributed by atoms with E-state index in [9.17, 15) is 27.2 Å². The maximum atomic E-state index is 14.4. The predicted octanol–water partition coefficient (Wildman–Crippen LogP) is 7.53. The van der Waals surface area contributed by atoms with E-state index >= 15 is 0 Å². The Morgan fingerprint density at radius 2 is 1.67 bits per heavy atom. The van der Waals surface area contributed by atoms with Gasteiger partial charge in [0.05, 0.1) is 7.11 Å². The number of methoxy groups -OCH3 is 1. The van der Waals surface area contributed by atoms with E-state index in [-0.39, 0.29) is 41.1 Å². The van der Waals surface area contributed by atoms with Crippen molar-refractivity contribution in [1.29, 1.82) is 0 Å². The smallest absolute Gasteiger partial charge is 0.255 e. The lowest BCUT2D eigenvalue weighted by molar-refractivity contribution is -0.116. The Bertz CT molecular complexity index is 1950. The molecule has 4 aromatic rings. The molecule has 2 atom stereocenters. The van der Waals surface area contributed by atoms with Crippen LogP contribution in [0, 0.1) is 30.2 Å². The van der Waals surface area contributed by atoms with E-state index in [1.165, 1.54) is 7.11 Å². The van der Waals surface area contributed by atoms with Crippen molar-refractivity contribution >= 4 is 17.5 Å². The lowest BCUT2D eigenvalue weighted by Gasteiger charge is -2.37. The standard InChI is InChI=1S/C37H31F4N3O4/c1-19-9-12-30(42-17-19)44-37(46)31-20(2)43-27-14-23(21-7-5-4-6-8-21)15-28(45)33(27)32(31)22-10-11-29(47-3)24(13-22)18-48-36-34(40)25(38)16-26(39)35(36)41/h4-13,16-17,23,32,43H,14-15,18H2,1-3H3,(H,42,44,46)/t23-,32-/m0/s1. The Labute approximate surface area is 274 Å². The average molecular weight is 658 g/mol. The molecule has 2 heterocycles. The number of aryl methyl sites for hydroxylation is 1. The summed E-state index contributed by atoms with van der Waals surface area (Å²) in [6.07, 6.45) is 2.35. The van der Waals surface area contributed by atoms with E-state index in [1.54, 1.807) is 43.5 Å².